The fourth-order valence-corrected chi connectivity index (χ4v) is 3.63. The van der Waals surface area contributed by atoms with E-state index in [0.717, 1.165) is 16.3 Å². The van der Waals surface area contributed by atoms with Gasteiger partial charge in [0, 0.05) is 29.0 Å². The standard InChI is InChI=1S/C26H20N4O3/c1-16(25(31)30-21-10-4-7-17-6-2-3-9-20(17)21)33-26(32)18-11-12-22-23(14-18)29-24(28-22)19-8-5-13-27-15-19/h2-16H,1H3,(H,28,29)(H,30,31). The van der Waals surface area contributed by atoms with Gasteiger partial charge in [0.2, 0.25) is 0 Å². The summed E-state index contributed by atoms with van der Waals surface area (Å²) in [5.74, 6) is -0.331. The summed E-state index contributed by atoms with van der Waals surface area (Å²) in [5.41, 5.74) is 3.25. The molecule has 0 aliphatic carbocycles. The molecule has 0 bridgehead atoms. The first-order chi connectivity index (χ1) is 16.1. The van der Waals surface area contributed by atoms with E-state index in [4.69, 9.17) is 4.74 Å². The summed E-state index contributed by atoms with van der Waals surface area (Å²) >= 11 is 0. The topological polar surface area (TPSA) is 97.0 Å². The van der Waals surface area contributed by atoms with Crippen LogP contribution in [0.25, 0.3) is 33.2 Å². The van der Waals surface area contributed by atoms with Crippen molar-refractivity contribution < 1.29 is 14.3 Å². The molecule has 0 radical (unpaired) electrons. The Morgan fingerprint density at radius 2 is 1.85 bits per heavy atom. The van der Waals surface area contributed by atoms with Crippen LogP contribution >= 0.6 is 0 Å². The number of nitrogens with one attached hydrogen (secondary N) is 2. The Kier molecular flexibility index (Phi) is 5.28. The van der Waals surface area contributed by atoms with Gasteiger partial charge in [-0.2, -0.15) is 0 Å². The molecule has 0 saturated heterocycles. The van der Waals surface area contributed by atoms with Gasteiger partial charge in [0.25, 0.3) is 5.91 Å². The van der Waals surface area contributed by atoms with Crippen molar-refractivity contribution >= 4 is 39.4 Å². The van der Waals surface area contributed by atoms with E-state index in [9.17, 15) is 9.59 Å². The minimum Gasteiger partial charge on any atom is -0.449 e. The van der Waals surface area contributed by atoms with Crippen LogP contribution in [0.1, 0.15) is 17.3 Å². The first kappa shape index (κ1) is 20.4. The van der Waals surface area contributed by atoms with Crippen LogP contribution in [-0.4, -0.2) is 32.9 Å². The van der Waals surface area contributed by atoms with E-state index < -0.39 is 18.0 Å². The molecule has 2 N–H and O–H groups in total. The molecular formula is C26H20N4O3. The van der Waals surface area contributed by atoms with Gasteiger partial charge in [-0.15, -0.1) is 0 Å². The summed E-state index contributed by atoms with van der Waals surface area (Å²) < 4.78 is 5.43. The number of imidazole rings is 1. The van der Waals surface area contributed by atoms with E-state index in [1.807, 2.05) is 54.6 Å². The number of pyridine rings is 1. The summed E-state index contributed by atoms with van der Waals surface area (Å²) in [4.78, 5) is 37.2. The molecule has 0 aliphatic rings. The van der Waals surface area contributed by atoms with Gasteiger partial charge in [-0.25, -0.2) is 9.78 Å². The number of anilines is 1. The summed E-state index contributed by atoms with van der Waals surface area (Å²) in [6.45, 7) is 1.55. The van der Waals surface area contributed by atoms with E-state index in [2.05, 4.69) is 20.3 Å². The minimum absolute atomic E-state index is 0.327. The zero-order valence-electron chi connectivity index (χ0n) is 17.8. The van der Waals surface area contributed by atoms with Crippen LogP contribution in [0, 0.1) is 0 Å². The van der Waals surface area contributed by atoms with Gasteiger partial charge in [-0.1, -0.05) is 36.4 Å². The number of ether oxygens (including phenoxy) is 1. The number of aromatic amines is 1. The molecule has 0 fully saturated rings. The SMILES string of the molecule is CC(OC(=O)c1ccc2nc(-c3cccnc3)[nH]c2c1)C(=O)Nc1cccc2ccccc12. The molecule has 7 nitrogen and oxygen atoms in total. The Balaban J connectivity index is 1.30. The number of benzene rings is 3. The normalized spacial score (nSPS) is 11.9. The van der Waals surface area contributed by atoms with Gasteiger partial charge < -0.3 is 15.0 Å². The molecule has 5 aromatic rings. The van der Waals surface area contributed by atoms with E-state index in [0.29, 0.717) is 28.1 Å². The van der Waals surface area contributed by atoms with Crippen LogP contribution in [0.3, 0.4) is 0 Å². The van der Waals surface area contributed by atoms with Crippen molar-refractivity contribution in [3.05, 3.63) is 90.8 Å². The molecule has 1 unspecified atom stereocenters. The maximum atomic E-state index is 12.7. The highest BCUT2D eigenvalue weighted by atomic mass is 16.5. The molecular weight excluding hydrogens is 416 g/mol. The van der Waals surface area contributed by atoms with E-state index in [1.54, 1.807) is 37.5 Å². The summed E-state index contributed by atoms with van der Waals surface area (Å²) in [7, 11) is 0. The van der Waals surface area contributed by atoms with Gasteiger partial charge in [-0.05, 0) is 48.7 Å². The second-order valence-electron chi connectivity index (χ2n) is 7.62. The first-order valence-electron chi connectivity index (χ1n) is 10.5. The lowest BCUT2D eigenvalue weighted by molar-refractivity contribution is -0.123. The third-order valence-corrected chi connectivity index (χ3v) is 5.35. The molecule has 1 atom stereocenters. The van der Waals surface area contributed by atoms with Crippen LogP contribution in [0.5, 0.6) is 0 Å². The maximum absolute atomic E-state index is 12.7. The maximum Gasteiger partial charge on any atom is 0.338 e. The van der Waals surface area contributed by atoms with E-state index in [1.165, 1.54) is 0 Å². The molecule has 7 heteroatoms. The highest BCUT2D eigenvalue weighted by molar-refractivity contribution is 6.04. The van der Waals surface area contributed by atoms with Gasteiger partial charge in [0.1, 0.15) is 5.82 Å². The number of hydrogen-bond donors (Lipinski definition) is 2. The molecule has 5 rings (SSSR count). The van der Waals surface area contributed by atoms with Crippen LogP contribution in [0.2, 0.25) is 0 Å². The molecule has 2 aromatic heterocycles. The quantitative estimate of drug-likeness (QED) is 0.380. The van der Waals surface area contributed by atoms with Gasteiger partial charge in [-0.3, -0.25) is 9.78 Å². The van der Waals surface area contributed by atoms with Crippen molar-refractivity contribution in [3.63, 3.8) is 0 Å². The van der Waals surface area contributed by atoms with Crippen molar-refractivity contribution in [1.29, 1.82) is 0 Å². The Hall–Kier alpha value is -4.52. The van der Waals surface area contributed by atoms with Gasteiger partial charge in [0.05, 0.1) is 16.6 Å². The van der Waals surface area contributed by atoms with Crippen molar-refractivity contribution in [2.24, 2.45) is 0 Å². The number of carbonyl (C=O) groups excluding carboxylic acids is 2. The van der Waals surface area contributed by atoms with E-state index in [-0.39, 0.29) is 0 Å². The lowest BCUT2D eigenvalue weighted by Gasteiger charge is -2.15. The van der Waals surface area contributed by atoms with Crippen LogP contribution in [0.4, 0.5) is 5.69 Å². The molecule has 2 heterocycles. The fourth-order valence-electron chi connectivity index (χ4n) is 3.63. The number of rotatable bonds is 5. The highest BCUT2D eigenvalue weighted by Crippen LogP contribution is 2.24. The Morgan fingerprint density at radius 1 is 1.00 bits per heavy atom. The summed E-state index contributed by atoms with van der Waals surface area (Å²) in [5, 5.41) is 4.78. The number of esters is 1. The number of nitrogens with zero attached hydrogens (tertiary/aromatic N) is 2. The van der Waals surface area contributed by atoms with E-state index >= 15 is 0 Å². The van der Waals surface area contributed by atoms with Crippen molar-refractivity contribution in [2.75, 3.05) is 5.32 Å². The summed E-state index contributed by atoms with van der Waals surface area (Å²) in [6.07, 6.45) is 2.43. The van der Waals surface area contributed by atoms with Crippen LogP contribution in [0.15, 0.2) is 85.2 Å². The monoisotopic (exact) mass is 436 g/mol. The predicted octanol–water partition coefficient (Wildman–Crippen LogP) is 4.96. The molecule has 3 aromatic carbocycles. The average Bonchev–Trinajstić information content (AvgIpc) is 3.28. The Labute approximate surface area is 189 Å². The second-order valence-corrected chi connectivity index (χ2v) is 7.62. The average molecular weight is 436 g/mol. The largest absolute Gasteiger partial charge is 0.449 e. The number of carbonyl (C=O) groups is 2. The van der Waals surface area contributed by atoms with Gasteiger partial charge in [0.15, 0.2) is 6.10 Å². The third kappa shape index (κ3) is 4.16. The van der Waals surface area contributed by atoms with Crippen LogP contribution in [-0.2, 0) is 9.53 Å². The van der Waals surface area contributed by atoms with Gasteiger partial charge >= 0.3 is 5.97 Å². The smallest absolute Gasteiger partial charge is 0.338 e. The Morgan fingerprint density at radius 3 is 2.70 bits per heavy atom. The zero-order valence-corrected chi connectivity index (χ0v) is 17.8. The fraction of sp³-hybridized carbons (Fsp3) is 0.0769. The first-order valence-corrected chi connectivity index (χ1v) is 10.5. The number of amides is 1. The molecule has 0 saturated carbocycles. The zero-order chi connectivity index (χ0) is 22.8. The number of fused-ring (bicyclic) bond motifs is 2. The Bertz CT molecular complexity index is 1470. The highest BCUT2D eigenvalue weighted by Gasteiger charge is 2.20. The molecule has 162 valence electrons. The van der Waals surface area contributed by atoms with Crippen LogP contribution < -0.4 is 5.32 Å². The number of H-pyrrole nitrogens is 1. The lowest BCUT2D eigenvalue weighted by Crippen LogP contribution is -2.30. The number of hydrogen-bond acceptors (Lipinski definition) is 5. The molecule has 1 amide bonds. The molecule has 0 spiro atoms. The molecule has 33 heavy (non-hydrogen) atoms. The number of aromatic nitrogens is 3. The second kappa shape index (κ2) is 8.55. The minimum atomic E-state index is -0.972. The van der Waals surface area contributed by atoms with Crippen molar-refractivity contribution in [1.82, 2.24) is 15.0 Å². The van der Waals surface area contributed by atoms with Crippen molar-refractivity contribution in [3.8, 4) is 11.4 Å². The predicted molar refractivity (Wildman–Crippen MR) is 127 cm³/mol. The van der Waals surface area contributed by atoms with Crippen molar-refractivity contribution in [2.45, 2.75) is 13.0 Å². The molecule has 0 aliphatic heterocycles. The lowest BCUT2D eigenvalue weighted by atomic mass is 10.1. The third-order valence-electron chi connectivity index (χ3n) is 5.35. The summed E-state index contributed by atoms with van der Waals surface area (Å²) in [6, 6.07) is 22.2.